The highest BCUT2D eigenvalue weighted by Crippen LogP contribution is 2.26. The van der Waals surface area contributed by atoms with Crippen molar-refractivity contribution in [3.05, 3.63) is 64.2 Å². The highest BCUT2D eigenvalue weighted by Gasteiger charge is 2.12. The lowest BCUT2D eigenvalue weighted by molar-refractivity contribution is 0.694. The second kappa shape index (κ2) is 5.64. The van der Waals surface area contributed by atoms with Gasteiger partial charge in [0.2, 0.25) is 0 Å². The molecule has 1 heterocycles. The maximum absolute atomic E-state index is 6.15. The van der Waals surface area contributed by atoms with Gasteiger partial charge in [0.15, 0.2) is 0 Å². The number of para-hydroxylation sites is 1. The summed E-state index contributed by atoms with van der Waals surface area (Å²) in [6.45, 7) is 2.71. The van der Waals surface area contributed by atoms with Gasteiger partial charge in [-0.3, -0.25) is 0 Å². The van der Waals surface area contributed by atoms with E-state index in [4.69, 9.17) is 11.6 Å². The standard InChI is InChI=1S/C16H17ClN2/c17-15-7-2-1-4-13(15)10-18-11-14-6-3-5-12-8-9-19-16(12)14/h1-7,18-19H,8-11H2. The van der Waals surface area contributed by atoms with Gasteiger partial charge in [-0.1, -0.05) is 48.0 Å². The van der Waals surface area contributed by atoms with Crippen molar-refractivity contribution in [3.63, 3.8) is 0 Å². The number of nitrogens with one attached hydrogen (secondary N) is 2. The minimum atomic E-state index is 0.795. The van der Waals surface area contributed by atoms with Crippen LogP contribution in [0.2, 0.25) is 5.02 Å². The van der Waals surface area contributed by atoms with Gasteiger partial charge in [0.25, 0.3) is 0 Å². The summed E-state index contributed by atoms with van der Waals surface area (Å²) in [7, 11) is 0. The van der Waals surface area contributed by atoms with Crippen LogP contribution in [0.1, 0.15) is 16.7 Å². The summed E-state index contributed by atoms with van der Waals surface area (Å²) in [5.74, 6) is 0. The number of hydrogen-bond acceptors (Lipinski definition) is 2. The zero-order chi connectivity index (χ0) is 13.1. The SMILES string of the molecule is Clc1ccccc1CNCc1cccc2c1NCC2. The van der Waals surface area contributed by atoms with E-state index in [9.17, 15) is 0 Å². The van der Waals surface area contributed by atoms with E-state index in [0.717, 1.165) is 36.6 Å². The van der Waals surface area contributed by atoms with E-state index in [0.29, 0.717) is 0 Å². The minimum absolute atomic E-state index is 0.795. The first-order valence-electron chi connectivity index (χ1n) is 6.63. The molecule has 0 spiro atoms. The van der Waals surface area contributed by atoms with Gasteiger partial charge in [-0.05, 0) is 29.2 Å². The lowest BCUT2D eigenvalue weighted by Crippen LogP contribution is -2.14. The Hall–Kier alpha value is -1.51. The van der Waals surface area contributed by atoms with Gasteiger partial charge in [-0.25, -0.2) is 0 Å². The molecule has 98 valence electrons. The molecule has 3 rings (SSSR count). The van der Waals surface area contributed by atoms with Crippen LogP contribution in [-0.2, 0) is 19.5 Å². The van der Waals surface area contributed by atoms with Crippen LogP contribution < -0.4 is 10.6 Å². The summed E-state index contributed by atoms with van der Waals surface area (Å²) in [4.78, 5) is 0. The van der Waals surface area contributed by atoms with E-state index >= 15 is 0 Å². The smallest absolute Gasteiger partial charge is 0.0450 e. The number of rotatable bonds is 4. The van der Waals surface area contributed by atoms with Crippen LogP contribution in [0.5, 0.6) is 0 Å². The molecule has 2 aromatic rings. The minimum Gasteiger partial charge on any atom is -0.384 e. The Balaban J connectivity index is 1.65. The Morgan fingerprint density at radius 3 is 2.68 bits per heavy atom. The van der Waals surface area contributed by atoms with Crippen molar-refractivity contribution in [2.75, 3.05) is 11.9 Å². The molecule has 0 atom stereocenters. The molecule has 0 aliphatic carbocycles. The van der Waals surface area contributed by atoms with E-state index in [1.165, 1.54) is 16.8 Å². The van der Waals surface area contributed by atoms with Gasteiger partial charge in [0, 0.05) is 30.3 Å². The number of benzene rings is 2. The molecule has 2 nitrogen and oxygen atoms in total. The number of hydrogen-bond donors (Lipinski definition) is 2. The second-order valence-electron chi connectivity index (χ2n) is 4.82. The van der Waals surface area contributed by atoms with Crippen molar-refractivity contribution in [2.24, 2.45) is 0 Å². The number of anilines is 1. The largest absolute Gasteiger partial charge is 0.384 e. The third-order valence-corrected chi connectivity index (χ3v) is 3.89. The molecule has 0 saturated heterocycles. The molecular weight excluding hydrogens is 256 g/mol. The number of fused-ring (bicyclic) bond motifs is 1. The van der Waals surface area contributed by atoms with Crippen LogP contribution in [0, 0.1) is 0 Å². The van der Waals surface area contributed by atoms with Crippen LogP contribution >= 0.6 is 11.6 Å². The Kier molecular flexibility index (Phi) is 3.72. The average Bonchev–Trinajstić information content (AvgIpc) is 2.90. The molecule has 2 N–H and O–H groups in total. The fourth-order valence-corrected chi connectivity index (χ4v) is 2.73. The van der Waals surface area contributed by atoms with Crippen molar-refractivity contribution in [1.82, 2.24) is 5.32 Å². The van der Waals surface area contributed by atoms with E-state index in [2.05, 4.69) is 34.9 Å². The quantitative estimate of drug-likeness (QED) is 0.889. The molecular formula is C16H17ClN2. The van der Waals surface area contributed by atoms with Crippen LogP contribution in [0.4, 0.5) is 5.69 Å². The average molecular weight is 273 g/mol. The highest BCUT2D eigenvalue weighted by molar-refractivity contribution is 6.31. The first-order chi connectivity index (χ1) is 9.34. The summed E-state index contributed by atoms with van der Waals surface area (Å²) in [6, 6.07) is 14.5. The monoisotopic (exact) mass is 272 g/mol. The Morgan fingerprint density at radius 1 is 1.00 bits per heavy atom. The molecule has 0 saturated carbocycles. The van der Waals surface area contributed by atoms with Crippen LogP contribution in [0.25, 0.3) is 0 Å². The third-order valence-electron chi connectivity index (χ3n) is 3.52. The topological polar surface area (TPSA) is 24.1 Å². The Bertz CT molecular complexity index is 581. The van der Waals surface area contributed by atoms with Gasteiger partial charge < -0.3 is 10.6 Å². The van der Waals surface area contributed by atoms with Gasteiger partial charge in [-0.2, -0.15) is 0 Å². The summed E-state index contributed by atoms with van der Waals surface area (Å²) in [5, 5.41) is 7.75. The maximum Gasteiger partial charge on any atom is 0.0450 e. The maximum atomic E-state index is 6.15. The van der Waals surface area contributed by atoms with Crippen molar-refractivity contribution < 1.29 is 0 Å². The molecule has 3 heteroatoms. The molecule has 0 amide bonds. The first-order valence-corrected chi connectivity index (χ1v) is 7.01. The highest BCUT2D eigenvalue weighted by atomic mass is 35.5. The predicted molar refractivity (Wildman–Crippen MR) is 80.6 cm³/mol. The van der Waals surface area contributed by atoms with Gasteiger partial charge in [0.05, 0.1) is 0 Å². The van der Waals surface area contributed by atoms with E-state index in [-0.39, 0.29) is 0 Å². The fraction of sp³-hybridized carbons (Fsp3) is 0.250. The summed E-state index contributed by atoms with van der Waals surface area (Å²) in [6.07, 6.45) is 1.13. The zero-order valence-corrected chi connectivity index (χ0v) is 11.5. The normalized spacial score (nSPS) is 13.1. The molecule has 1 aliphatic heterocycles. The van der Waals surface area contributed by atoms with Crippen LogP contribution in [-0.4, -0.2) is 6.54 Å². The lowest BCUT2D eigenvalue weighted by atomic mass is 10.1. The molecule has 0 unspecified atom stereocenters. The van der Waals surface area contributed by atoms with Crippen LogP contribution in [0.15, 0.2) is 42.5 Å². The number of halogens is 1. The fourth-order valence-electron chi connectivity index (χ4n) is 2.53. The van der Waals surface area contributed by atoms with Crippen LogP contribution in [0.3, 0.4) is 0 Å². The summed E-state index contributed by atoms with van der Waals surface area (Å²) < 4.78 is 0. The molecule has 2 aromatic carbocycles. The van der Waals surface area contributed by atoms with Gasteiger partial charge >= 0.3 is 0 Å². The Morgan fingerprint density at radius 2 is 1.79 bits per heavy atom. The third kappa shape index (κ3) is 2.75. The summed E-state index contributed by atoms with van der Waals surface area (Å²) >= 11 is 6.15. The van der Waals surface area contributed by atoms with Crippen molar-refractivity contribution in [1.29, 1.82) is 0 Å². The molecule has 0 bridgehead atoms. The molecule has 1 aliphatic rings. The van der Waals surface area contributed by atoms with E-state index < -0.39 is 0 Å². The molecule has 0 aromatic heterocycles. The molecule has 0 radical (unpaired) electrons. The second-order valence-corrected chi connectivity index (χ2v) is 5.23. The lowest BCUT2D eigenvalue weighted by Gasteiger charge is -2.10. The predicted octanol–water partition coefficient (Wildman–Crippen LogP) is 3.60. The summed E-state index contributed by atoms with van der Waals surface area (Å²) in [5.41, 5.74) is 5.22. The zero-order valence-electron chi connectivity index (χ0n) is 10.7. The first kappa shape index (κ1) is 12.5. The van der Waals surface area contributed by atoms with Crippen molar-refractivity contribution >= 4 is 17.3 Å². The molecule has 0 fully saturated rings. The van der Waals surface area contributed by atoms with Crippen molar-refractivity contribution in [3.8, 4) is 0 Å². The van der Waals surface area contributed by atoms with Crippen molar-refractivity contribution in [2.45, 2.75) is 19.5 Å². The van der Waals surface area contributed by atoms with Gasteiger partial charge in [0.1, 0.15) is 0 Å². The van der Waals surface area contributed by atoms with Gasteiger partial charge in [-0.15, -0.1) is 0 Å². The molecule has 19 heavy (non-hydrogen) atoms. The Labute approximate surface area is 118 Å². The van der Waals surface area contributed by atoms with E-state index in [1.54, 1.807) is 0 Å². The van der Waals surface area contributed by atoms with E-state index in [1.807, 2.05) is 18.2 Å².